The minimum Gasteiger partial charge on any atom is -0.466 e. The molecule has 3 rings (SSSR count). The minimum absolute atomic E-state index is 0.0638. The van der Waals surface area contributed by atoms with Gasteiger partial charge in [-0.25, -0.2) is 8.42 Å². The molecule has 0 radical (unpaired) electrons. The zero-order valence-corrected chi connectivity index (χ0v) is 18.0. The van der Waals surface area contributed by atoms with Gasteiger partial charge in [-0.2, -0.15) is 0 Å². The van der Waals surface area contributed by atoms with E-state index in [4.69, 9.17) is 4.74 Å². The first-order chi connectivity index (χ1) is 14.9. The van der Waals surface area contributed by atoms with E-state index in [0.29, 0.717) is 12.0 Å². The Morgan fingerprint density at radius 3 is 2.55 bits per heavy atom. The fourth-order valence-electron chi connectivity index (χ4n) is 3.24. The summed E-state index contributed by atoms with van der Waals surface area (Å²) in [5.41, 5.74) is 1.47. The van der Waals surface area contributed by atoms with Crippen molar-refractivity contribution in [2.75, 3.05) is 19.7 Å². The normalized spacial score (nSPS) is 16.2. The summed E-state index contributed by atoms with van der Waals surface area (Å²) in [5, 5.41) is 2.76. The number of aliphatic imine (C=N–C) groups is 1. The molecule has 0 bridgehead atoms. The Labute approximate surface area is 181 Å². The zero-order valence-electron chi connectivity index (χ0n) is 17.2. The summed E-state index contributed by atoms with van der Waals surface area (Å²) in [6.07, 6.45) is 0.523. The van der Waals surface area contributed by atoms with Crippen LogP contribution < -0.4 is 10.0 Å². The molecule has 2 N–H and O–H groups in total. The Bertz CT molecular complexity index is 1070. The average Bonchev–Trinajstić information content (AvgIpc) is 3.02. The molecule has 0 aromatic heterocycles. The standard InChI is InChI=1S/C22H25N3O5S/c1-2-30-22(27)17(14-16-8-4-3-5-9-16)15-24-20(26)12-13-23-21-18-10-6-7-11-19(18)31(28,29)25-21/h3-11,17H,2,12-15H2,1H3,(H,23,25)(H,24,26). The maximum atomic E-state index is 12.3. The molecule has 1 atom stereocenters. The Hall–Kier alpha value is -3.20. The van der Waals surface area contributed by atoms with Crippen LogP contribution in [0.25, 0.3) is 0 Å². The lowest BCUT2D eigenvalue weighted by Gasteiger charge is -2.16. The number of benzene rings is 2. The van der Waals surface area contributed by atoms with Crippen molar-refractivity contribution in [3.05, 3.63) is 65.7 Å². The largest absolute Gasteiger partial charge is 0.466 e. The van der Waals surface area contributed by atoms with Crippen molar-refractivity contribution in [2.45, 2.75) is 24.7 Å². The van der Waals surface area contributed by atoms with Gasteiger partial charge in [0.2, 0.25) is 5.91 Å². The number of carbonyl (C=O) groups is 2. The first-order valence-electron chi connectivity index (χ1n) is 10.0. The van der Waals surface area contributed by atoms with Gasteiger partial charge in [0.15, 0.2) is 0 Å². The van der Waals surface area contributed by atoms with Gasteiger partial charge in [0.1, 0.15) is 5.84 Å². The highest BCUT2D eigenvalue weighted by Gasteiger charge is 2.30. The van der Waals surface area contributed by atoms with Crippen LogP contribution in [0.2, 0.25) is 0 Å². The summed E-state index contributed by atoms with van der Waals surface area (Å²) in [7, 11) is -3.60. The fourth-order valence-corrected chi connectivity index (χ4v) is 4.49. The van der Waals surface area contributed by atoms with Gasteiger partial charge in [0, 0.05) is 18.5 Å². The molecular formula is C22H25N3O5S. The number of nitrogens with one attached hydrogen (secondary N) is 2. The van der Waals surface area contributed by atoms with E-state index in [-0.39, 0.29) is 48.7 Å². The smallest absolute Gasteiger partial charge is 0.311 e. The number of amides is 1. The topological polar surface area (TPSA) is 114 Å². The van der Waals surface area contributed by atoms with E-state index in [9.17, 15) is 18.0 Å². The molecule has 0 aliphatic carbocycles. The number of sulfonamides is 1. The lowest BCUT2D eigenvalue weighted by Crippen LogP contribution is -2.35. The zero-order chi connectivity index (χ0) is 22.3. The van der Waals surface area contributed by atoms with E-state index in [1.807, 2.05) is 30.3 Å². The van der Waals surface area contributed by atoms with E-state index in [0.717, 1.165) is 5.56 Å². The van der Waals surface area contributed by atoms with Gasteiger partial charge in [-0.15, -0.1) is 0 Å². The van der Waals surface area contributed by atoms with Gasteiger partial charge in [-0.3, -0.25) is 19.3 Å². The Kier molecular flexibility index (Phi) is 7.41. The number of ether oxygens (including phenoxy) is 1. The number of carbonyl (C=O) groups excluding carboxylic acids is 2. The number of nitrogens with zero attached hydrogens (tertiary/aromatic N) is 1. The van der Waals surface area contributed by atoms with Crippen LogP contribution in [0.1, 0.15) is 24.5 Å². The highest BCUT2D eigenvalue weighted by Crippen LogP contribution is 2.22. The molecule has 2 aromatic carbocycles. The van der Waals surface area contributed by atoms with Crippen LogP contribution in [-0.4, -0.2) is 45.8 Å². The van der Waals surface area contributed by atoms with Crippen molar-refractivity contribution in [2.24, 2.45) is 10.9 Å². The molecule has 1 heterocycles. The monoisotopic (exact) mass is 443 g/mol. The lowest BCUT2D eigenvalue weighted by atomic mass is 9.99. The molecule has 1 unspecified atom stereocenters. The summed E-state index contributed by atoms with van der Waals surface area (Å²) < 4.78 is 31.7. The summed E-state index contributed by atoms with van der Waals surface area (Å²) in [6.45, 7) is 2.27. The van der Waals surface area contributed by atoms with Gasteiger partial charge in [-0.05, 0) is 31.0 Å². The molecule has 31 heavy (non-hydrogen) atoms. The highest BCUT2D eigenvalue weighted by atomic mass is 32.2. The summed E-state index contributed by atoms with van der Waals surface area (Å²) in [6, 6.07) is 16.1. The molecule has 0 fully saturated rings. The third-order valence-corrected chi connectivity index (χ3v) is 6.16. The molecule has 1 amide bonds. The van der Waals surface area contributed by atoms with Gasteiger partial charge >= 0.3 is 5.97 Å². The number of rotatable bonds is 9. The predicted octanol–water partition coefficient (Wildman–Crippen LogP) is 1.65. The quantitative estimate of drug-likeness (QED) is 0.572. The van der Waals surface area contributed by atoms with E-state index < -0.39 is 15.9 Å². The first kappa shape index (κ1) is 22.5. The van der Waals surface area contributed by atoms with Crippen LogP contribution in [0.15, 0.2) is 64.5 Å². The van der Waals surface area contributed by atoms with E-state index >= 15 is 0 Å². The summed E-state index contributed by atoms with van der Waals surface area (Å²) in [4.78, 5) is 28.9. The number of hydrogen-bond donors (Lipinski definition) is 2. The number of fused-ring (bicyclic) bond motifs is 1. The van der Waals surface area contributed by atoms with E-state index in [1.54, 1.807) is 25.1 Å². The summed E-state index contributed by atoms with van der Waals surface area (Å²) in [5.74, 6) is -0.896. The molecule has 1 aliphatic rings. The van der Waals surface area contributed by atoms with Crippen molar-refractivity contribution in [3.8, 4) is 0 Å². The van der Waals surface area contributed by atoms with Gasteiger partial charge in [0.05, 0.1) is 24.0 Å². The predicted molar refractivity (Wildman–Crippen MR) is 116 cm³/mol. The van der Waals surface area contributed by atoms with Crippen LogP contribution in [-0.2, 0) is 30.8 Å². The Morgan fingerprint density at radius 2 is 1.81 bits per heavy atom. The van der Waals surface area contributed by atoms with Gasteiger partial charge in [0.25, 0.3) is 10.0 Å². The second kappa shape index (κ2) is 10.2. The Morgan fingerprint density at radius 1 is 1.10 bits per heavy atom. The van der Waals surface area contributed by atoms with E-state index in [2.05, 4.69) is 15.0 Å². The molecular weight excluding hydrogens is 418 g/mol. The first-order valence-corrected chi connectivity index (χ1v) is 11.5. The highest BCUT2D eigenvalue weighted by molar-refractivity contribution is 7.90. The van der Waals surface area contributed by atoms with Crippen molar-refractivity contribution >= 4 is 27.7 Å². The SMILES string of the molecule is CCOC(=O)C(CNC(=O)CCN=C1NS(=O)(=O)c2ccccc21)Cc1ccccc1. The third-order valence-electron chi connectivity index (χ3n) is 4.76. The maximum Gasteiger partial charge on any atom is 0.311 e. The van der Waals surface area contributed by atoms with Crippen LogP contribution in [0.3, 0.4) is 0 Å². The molecule has 9 heteroatoms. The third kappa shape index (κ3) is 5.91. The minimum atomic E-state index is -3.60. The van der Waals surface area contributed by atoms with Gasteiger partial charge in [-0.1, -0.05) is 42.5 Å². The number of esters is 1. The summed E-state index contributed by atoms with van der Waals surface area (Å²) >= 11 is 0. The molecule has 8 nitrogen and oxygen atoms in total. The van der Waals surface area contributed by atoms with Crippen LogP contribution in [0, 0.1) is 5.92 Å². The van der Waals surface area contributed by atoms with Crippen molar-refractivity contribution in [1.29, 1.82) is 0 Å². The van der Waals surface area contributed by atoms with Gasteiger partial charge < -0.3 is 10.1 Å². The average molecular weight is 444 g/mol. The van der Waals surface area contributed by atoms with Crippen LogP contribution in [0.4, 0.5) is 0 Å². The molecule has 0 saturated carbocycles. The molecule has 0 saturated heterocycles. The second-order valence-corrected chi connectivity index (χ2v) is 8.68. The van der Waals surface area contributed by atoms with Crippen molar-refractivity contribution in [1.82, 2.24) is 10.0 Å². The maximum absolute atomic E-state index is 12.3. The lowest BCUT2D eigenvalue weighted by molar-refractivity contribution is -0.147. The molecule has 0 spiro atoms. The molecule has 2 aromatic rings. The number of amidine groups is 1. The van der Waals surface area contributed by atoms with Crippen molar-refractivity contribution < 1.29 is 22.7 Å². The van der Waals surface area contributed by atoms with Crippen molar-refractivity contribution in [3.63, 3.8) is 0 Å². The van der Waals surface area contributed by atoms with Crippen LogP contribution >= 0.6 is 0 Å². The molecule has 164 valence electrons. The Balaban J connectivity index is 1.55. The van der Waals surface area contributed by atoms with E-state index in [1.165, 1.54) is 6.07 Å². The second-order valence-electron chi connectivity index (χ2n) is 7.02. The fraction of sp³-hybridized carbons (Fsp3) is 0.318. The van der Waals surface area contributed by atoms with Crippen LogP contribution in [0.5, 0.6) is 0 Å². The number of hydrogen-bond acceptors (Lipinski definition) is 6. The molecule has 1 aliphatic heterocycles.